The number of piperidine rings is 1. The van der Waals surface area contributed by atoms with Crippen LogP contribution < -0.4 is 9.47 Å². The molecule has 1 fully saturated rings. The Hall–Kier alpha value is -2.81. The van der Waals surface area contributed by atoms with Gasteiger partial charge in [0.2, 0.25) is 5.91 Å². The minimum atomic E-state index is -0.492. The van der Waals surface area contributed by atoms with E-state index in [4.69, 9.17) is 9.47 Å². The minimum absolute atomic E-state index is 0.00724. The van der Waals surface area contributed by atoms with Crippen molar-refractivity contribution in [2.45, 2.75) is 30.6 Å². The Labute approximate surface area is 178 Å². The standard InChI is InChI=1S/C21H23N3O5S/c1-28-16-4-3-13(11-17(16)29-2)12-18(25)23-8-5-14(6-9-23)24-20(26)19-15(7-10-30-19)22-21(24)27/h3-4,7,10-11,14,19H,5-6,8-9,12H2,1-2H3. The van der Waals surface area contributed by atoms with Crippen LogP contribution in [0.15, 0.2) is 34.7 Å². The molecule has 0 aromatic heterocycles. The zero-order valence-corrected chi connectivity index (χ0v) is 17.7. The molecular weight excluding hydrogens is 406 g/mol. The summed E-state index contributed by atoms with van der Waals surface area (Å²) in [5.74, 6) is 1.01. The highest BCUT2D eigenvalue weighted by atomic mass is 32.2. The first-order valence-corrected chi connectivity index (χ1v) is 10.7. The van der Waals surface area contributed by atoms with Crippen LogP contribution in [-0.4, -0.2) is 72.0 Å². The van der Waals surface area contributed by atoms with Crippen molar-refractivity contribution in [1.29, 1.82) is 0 Å². The highest BCUT2D eigenvalue weighted by Gasteiger charge is 2.42. The molecule has 1 aromatic carbocycles. The third kappa shape index (κ3) is 3.81. The lowest BCUT2D eigenvalue weighted by Gasteiger charge is -2.38. The van der Waals surface area contributed by atoms with Crippen molar-refractivity contribution in [3.63, 3.8) is 0 Å². The van der Waals surface area contributed by atoms with Gasteiger partial charge in [-0.15, -0.1) is 11.8 Å². The zero-order valence-electron chi connectivity index (χ0n) is 16.9. The number of urea groups is 1. The van der Waals surface area contributed by atoms with E-state index in [0.29, 0.717) is 43.1 Å². The van der Waals surface area contributed by atoms with Crippen molar-refractivity contribution in [3.8, 4) is 11.5 Å². The number of thioether (sulfide) groups is 1. The number of ether oxygens (including phenoxy) is 2. The maximum Gasteiger partial charge on any atom is 0.350 e. The van der Waals surface area contributed by atoms with E-state index in [-0.39, 0.29) is 24.3 Å². The molecule has 0 radical (unpaired) electrons. The Kier molecular flexibility index (Phi) is 5.80. The number of hydrogen-bond donors (Lipinski definition) is 0. The molecule has 3 aliphatic heterocycles. The second kappa shape index (κ2) is 8.51. The van der Waals surface area contributed by atoms with Gasteiger partial charge in [-0.1, -0.05) is 6.07 Å². The molecule has 1 saturated heterocycles. The van der Waals surface area contributed by atoms with Gasteiger partial charge >= 0.3 is 6.03 Å². The van der Waals surface area contributed by atoms with Crippen LogP contribution in [0.1, 0.15) is 18.4 Å². The first-order valence-electron chi connectivity index (χ1n) is 9.78. The molecule has 158 valence electrons. The molecular formula is C21H23N3O5S. The van der Waals surface area contributed by atoms with Crippen LogP contribution in [-0.2, 0) is 16.0 Å². The number of allylic oxidation sites excluding steroid dienone is 1. The zero-order chi connectivity index (χ0) is 21.3. The number of carbonyl (C=O) groups excluding carboxylic acids is 3. The van der Waals surface area contributed by atoms with E-state index in [9.17, 15) is 14.4 Å². The predicted molar refractivity (Wildman–Crippen MR) is 113 cm³/mol. The number of aliphatic imine (C=N–C) groups is 1. The molecule has 1 aromatic rings. The first-order chi connectivity index (χ1) is 14.5. The number of methoxy groups -OCH3 is 2. The van der Waals surface area contributed by atoms with Crippen LogP contribution in [0.3, 0.4) is 0 Å². The maximum absolute atomic E-state index is 12.8. The Bertz CT molecular complexity index is 937. The number of benzene rings is 1. The van der Waals surface area contributed by atoms with Crippen LogP contribution >= 0.6 is 11.8 Å². The summed E-state index contributed by atoms with van der Waals surface area (Å²) in [5, 5.41) is 1.39. The van der Waals surface area contributed by atoms with Gasteiger partial charge in [0.1, 0.15) is 5.25 Å². The van der Waals surface area contributed by atoms with Gasteiger partial charge in [-0.2, -0.15) is 4.99 Å². The van der Waals surface area contributed by atoms with Gasteiger partial charge in [-0.3, -0.25) is 14.5 Å². The van der Waals surface area contributed by atoms with E-state index in [2.05, 4.69) is 4.99 Å². The third-order valence-electron chi connectivity index (χ3n) is 5.60. The quantitative estimate of drug-likeness (QED) is 0.714. The lowest BCUT2D eigenvalue weighted by molar-refractivity contribution is -0.133. The molecule has 1 atom stereocenters. The number of fused-ring (bicyclic) bond motifs is 1. The van der Waals surface area contributed by atoms with E-state index in [0.717, 1.165) is 5.56 Å². The molecule has 9 heteroatoms. The number of rotatable bonds is 5. The number of likely N-dealkylation sites (tertiary alicyclic amines) is 1. The van der Waals surface area contributed by atoms with E-state index >= 15 is 0 Å². The second-order valence-electron chi connectivity index (χ2n) is 7.32. The van der Waals surface area contributed by atoms with Gasteiger partial charge < -0.3 is 14.4 Å². The van der Waals surface area contributed by atoms with Gasteiger partial charge in [0.05, 0.1) is 26.4 Å². The Morgan fingerprint density at radius 3 is 2.60 bits per heavy atom. The molecule has 8 nitrogen and oxygen atoms in total. The molecule has 0 aliphatic carbocycles. The van der Waals surface area contributed by atoms with Crippen molar-refractivity contribution >= 4 is 35.3 Å². The summed E-state index contributed by atoms with van der Waals surface area (Å²) < 4.78 is 10.5. The van der Waals surface area contributed by atoms with Gasteiger partial charge in [-0.05, 0) is 42.0 Å². The van der Waals surface area contributed by atoms with Crippen LogP contribution in [0.25, 0.3) is 0 Å². The third-order valence-corrected chi connectivity index (χ3v) is 6.61. The van der Waals surface area contributed by atoms with Gasteiger partial charge in [0.15, 0.2) is 11.5 Å². The van der Waals surface area contributed by atoms with E-state index < -0.39 is 11.3 Å². The molecule has 1 unspecified atom stereocenters. The molecule has 4 rings (SSSR count). The highest BCUT2D eigenvalue weighted by Crippen LogP contribution is 2.31. The number of nitrogens with zero attached hydrogens (tertiary/aromatic N) is 3. The molecule has 30 heavy (non-hydrogen) atoms. The summed E-state index contributed by atoms with van der Waals surface area (Å²) in [7, 11) is 3.13. The summed E-state index contributed by atoms with van der Waals surface area (Å²) in [5.41, 5.74) is 1.38. The molecule has 0 bridgehead atoms. The minimum Gasteiger partial charge on any atom is -0.493 e. The molecule has 3 aliphatic rings. The van der Waals surface area contributed by atoms with Crippen molar-refractivity contribution in [2.24, 2.45) is 4.99 Å². The molecule has 4 amide bonds. The summed E-state index contributed by atoms with van der Waals surface area (Å²) in [6.07, 6.45) is 3.10. The monoisotopic (exact) mass is 429 g/mol. The maximum atomic E-state index is 12.8. The van der Waals surface area contributed by atoms with Crippen molar-refractivity contribution in [2.75, 3.05) is 27.3 Å². The number of imide groups is 1. The lowest BCUT2D eigenvalue weighted by atomic mass is 10.0. The smallest absolute Gasteiger partial charge is 0.350 e. The number of amides is 4. The lowest BCUT2D eigenvalue weighted by Crippen LogP contribution is -2.55. The summed E-state index contributed by atoms with van der Waals surface area (Å²) in [6.45, 7) is 1.00. The van der Waals surface area contributed by atoms with Gasteiger partial charge in [0, 0.05) is 19.1 Å². The Balaban J connectivity index is 1.36. The summed E-state index contributed by atoms with van der Waals surface area (Å²) >= 11 is 1.38. The molecule has 0 spiro atoms. The van der Waals surface area contributed by atoms with E-state index in [1.54, 1.807) is 42.7 Å². The van der Waals surface area contributed by atoms with Gasteiger partial charge in [0.25, 0.3) is 5.91 Å². The number of hydrogen-bond acceptors (Lipinski definition) is 6. The van der Waals surface area contributed by atoms with Crippen LogP contribution in [0.2, 0.25) is 0 Å². The fourth-order valence-electron chi connectivity index (χ4n) is 4.00. The largest absolute Gasteiger partial charge is 0.493 e. The van der Waals surface area contributed by atoms with Crippen molar-refractivity contribution < 1.29 is 23.9 Å². The first kappa shape index (κ1) is 20.5. The fraction of sp³-hybridized carbons (Fsp3) is 0.429. The molecule has 0 N–H and O–H groups in total. The summed E-state index contributed by atoms with van der Waals surface area (Å²) in [4.78, 5) is 45.0. The van der Waals surface area contributed by atoms with Crippen molar-refractivity contribution in [1.82, 2.24) is 9.80 Å². The average molecular weight is 429 g/mol. The second-order valence-corrected chi connectivity index (χ2v) is 8.34. The Morgan fingerprint density at radius 1 is 1.17 bits per heavy atom. The van der Waals surface area contributed by atoms with Crippen LogP contribution in [0.5, 0.6) is 11.5 Å². The van der Waals surface area contributed by atoms with Crippen molar-refractivity contribution in [3.05, 3.63) is 35.2 Å². The Morgan fingerprint density at radius 2 is 1.90 bits per heavy atom. The number of carbonyl (C=O) groups is 3. The molecule has 3 heterocycles. The predicted octanol–water partition coefficient (Wildman–Crippen LogP) is 2.27. The average Bonchev–Trinajstić information content (AvgIpc) is 3.22. The topological polar surface area (TPSA) is 88.5 Å². The van der Waals surface area contributed by atoms with Gasteiger partial charge in [-0.25, -0.2) is 4.79 Å². The van der Waals surface area contributed by atoms with E-state index in [1.165, 1.54) is 16.7 Å². The highest BCUT2D eigenvalue weighted by molar-refractivity contribution is 8.04. The SMILES string of the molecule is COc1ccc(CC(=O)N2CCC(N3C(=O)N=C4C=CSC4C3=O)CC2)cc1OC. The normalized spacial score (nSPS) is 21.5. The van der Waals surface area contributed by atoms with Crippen LogP contribution in [0, 0.1) is 0 Å². The molecule has 0 saturated carbocycles. The van der Waals surface area contributed by atoms with Crippen LogP contribution in [0.4, 0.5) is 4.79 Å². The summed E-state index contributed by atoms with van der Waals surface area (Å²) in [6, 6.07) is 4.72. The van der Waals surface area contributed by atoms with E-state index in [1.807, 2.05) is 6.07 Å². The fourth-order valence-corrected chi connectivity index (χ4v) is 4.87.